The van der Waals surface area contributed by atoms with Crippen molar-refractivity contribution in [3.05, 3.63) is 58.5 Å². The minimum Gasteiger partial charge on any atom is -0.508 e. The van der Waals surface area contributed by atoms with Crippen LogP contribution in [0.5, 0.6) is 11.5 Å². The molecule has 30 heavy (non-hydrogen) atoms. The van der Waals surface area contributed by atoms with Gasteiger partial charge in [0.05, 0.1) is 16.2 Å². The number of aliphatic imine (C=N–C) groups is 1. The predicted molar refractivity (Wildman–Crippen MR) is 110 cm³/mol. The summed E-state index contributed by atoms with van der Waals surface area (Å²) in [7, 11) is 1.53. The van der Waals surface area contributed by atoms with Gasteiger partial charge in [0.25, 0.3) is 5.91 Å². The molecule has 1 amide bonds. The number of nitrogens with zero attached hydrogens (tertiary/aromatic N) is 2. The number of carbonyl (C=O) groups excluding carboxylic acids is 1. The topological polar surface area (TPSA) is 137 Å². The van der Waals surface area contributed by atoms with Crippen molar-refractivity contribution in [2.75, 3.05) is 13.7 Å². The summed E-state index contributed by atoms with van der Waals surface area (Å²) < 4.78 is 5.07. The van der Waals surface area contributed by atoms with Crippen LogP contribution in [-0.2, 0) is 9.59 Å². The quantitative estimate of drug-likeness (QED) is 0.598. The largest absolute Gasteiger partial charge is 0.508 e. The maximum absolute atomic E-state index is 12.5. The van der Waals surface area contributed by atoms with Crippen molar-refractivity contribution in [3.8, 4) is 11.5 Å². The van der Waals surface area contributed by atoms with Crippen LogP contribution in [0.15, 0.2) is 52.4 Å². The zero-order valence-corrected chi connectivity index (χ0v) is 16.4. The third-order valence-electron chi connectivity index (χ3n) is 3.97. The van der Waals surface area contributed by atoms with Crippen LogP contribution in [0.2, 0.25) is 0 Å². The third-order valence-corrected chi connectivity index (χ3v) is 5.03. The van der Waals surface area contributed by atoms with Gasteiger partial charge in [-0.3, -0.25) is 9.69 Å². The van der Waals surface area contributed by atoms with E-state index < -0.39 is 18.5 Å². The summed E-state index contributed by atoms with van der Waals surface area (Å²) in [5, 5.41) is 27.7. The van der Waals surface area contributed by atoms with Crippen molar-refractivity contribution >= 4 is 46.5 Å². The molecule has 0 saturated carbocycles. The van der Waals surface area contributed by atoms with Crippen LogP contribution in [-0.4, -0.2) is 56.9 Å². The molecule has 1 heterocycles. The second-order valence-corrected chi connectivity index (χ2v) is 7.14. The molecule has 0 aromatic heterocycles. The number of benzene rings is 2. The molecule has 3 N–H and O–H groups in total. The summed E-state index contributed by atoms with van der Waals surface area (Å²) in [5.41, 5.74) is 0.626. The number of aliphatic carboxylic acids is 1. The molecule has 0 spiro atoms. The van der Waals surface area contributed by atoms with Crippen molar-refractivity contribution in [3.63, 3.8) is 0 Å². The number of phenols is 1. The Bertz CT molecular complexity index is 1080. The Labute approximate surface area is 174 Å². The standard InChI is InChI=1S/C20H16N2O7S/c1-22-18(26)16(8-11-2-5-13(6-3-11)29-10-17(24)25)30-20(22)21-15-7-4-12(23)9-14(15)19(27)28/h2-9,23H,10H2,1H3,(H,24,25)(H,27,28)/b16-8-,21-20?. The number of likely N-dealkylation sites (N-methyl/N-ethyl adjacent to an activating group) is 1. The molecule has 1 saturated heterocycles. The summed E-state index contributed by atoms with van der Waals surface area (Å²) in [6.45, 7) is -0.449. The molecule has 2 aromatic rings. The maximum atomic E-state index is 12.5. The summed E-state index contributed by atoms with van der Waals surface area (Å²) in [6, 6.07) is 10.3. The fourth-order valence-electron chi connectivity index (χ4n) is 2.50. The first kappa shape index (κ1) is 20.9. The first-order valence-corrected chi connectivity index (χ1v) is 9.33. The lowest BCUT2D eigenvalue weighted by atomic mass is 10.2. The lowest BCUT2D eigenvalue weighted by Gasteiger charge is -2.08. The van der Waals surface area contributed by atoms with Crippen LogP contribution in [0.3, 0.4) is 0 Å². The molecule has 1 fully saturated rings. The van der Waals surface area contributed by atoms with Gasteiger partial charge in [-0.25, -0.2) is 14.6 Å². The van der Waals surface area contributed by atoms with Gasteiger partial charge in [-0.1, -0.05) is 12.1 Å². The number of amides is 1. The van der Waals surface area contributed by atoms with E-state index >= 15 is 0 Å². The van der Waals surface area contributed by atoms with Crippen LogP contribution in [0.4, 0.5) is 5.69 Å². The number of hydrogen-bond acceptors (Lipinski definition) is 7. The maximum Gasteiger partial charge on any atom is 0.341 e. The fraction of sp³-hybridized carbons (Fsp3) is 0.100. The molecule has 0 bridgehead atoms. The van der Waals surface area contributed by atoms with E-state index in [9.17, 15) is 24.6 Å². The average molecular weight is 428 g/mol. The Balaban J connectivity index is 1.83. The van der Waals surface area contributed by atoms with Crippen molar-refractivity contribution in [1.29, 1.82) is 0 Å². The number of amidine groups is 1. The number of aromatic hydroxyl groups is 1. The number of phenolic OH excluding ortho intramolecular Hbond substituents is 1. The van der Waals surface area contributed by atoms with Crippen molar-refractivity contribution < 1.29 is 34.4 Å². The summed E-state index contributed by atoms with van der Waals surface area (Å²) >= 11 is 1.08. The van der Waals surface area contributed by atoms with Gasteiger partial charge in [0, 0.05) is 7.05 Å². The van der Waals surface area contributed by atoms with E-state index in [4.69, 9.17) is 9.84 Å². The summed E-state index contributed by atoms with van der Waals surface area (Å²) in [6.07, 6.45) is 1.64. The van der Waals surface area contributed by atoms with Crippen molar-refractivity contribution in [2.45, 2.75) is 0 Å². The van der Waals surface area contributed by atoms with Crippen molar-refractivity contribution in [1.82, 2.24) is 4.90 Å². The molecular formula is C20H16N2O7S. The fourth-order valence-corrected chi connectivity index (χ4v) is 3.48. The SMILES string of the molecule is CN1C(=O)/C(=C/c2ccc(OCC(=O)O)cc2)SC1=Nc1ccc(O)cc1C(=O)O. The molecule has 3 rings (SSSR count). The van der Waals surface area contributed by atoms with Gasteiger partial charge < -0.3 is 20.1 Å². The van der Waals surface area contributed by atoms with Gasteiger partial charge in [-0.15, -0.1) is 0 Å². The Kier molecular flexibility index (Phi) is 6.07. The van der Waals surface area contributed by atoms with Gasteiger partial charge in [0.15, 0.2) is 11.8 Å². The van der Waals surface area contributed by atoms with E-state index in [2.05, 4.69) is 4.99 Å². The monoisotopic (exact) mass is 428 g/mol. The summed E-state index contributed by atoms with van der Waals surface area (Å²) in [5.74, 6) is -2.44. The Morgan fingerprint density at radius 3 is 2.50 bits per heavy atom. The van der Waals surface area contributed by atoms with Crippen LogP contribution in [0, 0.1) is 0 Å². The van der Waals surface area contributed by atoms with Crippen molar-refractivity contribution in [2.24, 2.45) is 4.99 Å². The molecule has 0 atom stereocenters. The van der Waals surface area contributed by atoms with E-state index in [1.54, 1.807) is 30.3 Å². The van der Waals surface area contributed by atoms with E-state index in [1.165, 1.54) is 24.1 Å². The predicted octanol–water partition coefficient (Wildman–Crippen LogP) is 2.79. The number of aromatic carboxylic acids is 1. The zero-order chi connectivity index (χ0) is 21.8. The molecule has 0 aliphatic carbocycles. The van der Waals surface area contributed by atoms with E-state index in [0.29, 0.717) is 21.4 Å². The number of thioether (sulfide) groups is 1. The van der Waals surface area contributed by atoms with Gasteiger partial charge in [-0.05, 0) is 53.7 Å². The highest BCUT2D eigenvalue weighted by molar-refractivity contribution is 8.18. The Hall–Kier alpha value is -3.79. The second-order valence-electron chi connectivity index (χ2n) is 6.13. The number of carbonyl (C=O) groups is 3. The van der Waals surface area contributed by atoms with Crippen LogP contribution in [0.1, 0.15) is 15.9 Å². The Morgan fingerprint density at radius 2 is 1.87 bits per heavy atom. The molecule has 9 nitrogen and oxygen atoms in total. The number of ether oxygens (including phenoxy) is 1. The first-order chi connectivity index (χ1) is 14.2. The average Bonchev–Trinajstić information content (AvgIpc) is 2.96. The second kappa shape index (κ2) is 8.70. The van der Waals surface area contributed by atoms with Gasteiger partial charge in [0.1, 0.15) is 11.5 Å². The molecule has 10 heteroatoms. The van der Waals surface area contributed by atoms with Crippen LogP contribution in [0.25, 0.3) is 6.08 Å². The summed E-state index contributed by atoms with van der Waals surface area (Å²) in [4.78, 5) is 40.4. The lowest BCUT2D eigenvalue weighted by Crippen LogP contribution is -2.23. The van der Waals surface area contributed by atoms with E-state index in [-0.39, 0.29) is 22.9 Å². The molecule has 1 aliphatic rings. The van der Waals surface area contributed by atoms with Gasteiger partial charge >= 0.3 is 11.9 Å². The highest BCUT2D eigenvalue weighted by Crippen LogP contribution is 2.34. The van der Waals surface area contributed by atoms with E-state index in [0.717, 1.165) is 17.8 Å². The lowest BCUT2D eigenvalue weighted by molar-refractivity contribution is -0.139. The minimum absolute atomic E-state index is 0.114. The van der Waals surface area contributed by atoms with Gasteiger partial charge in [-0.2, -0.15) is 0 Å². The highest BCUT2D eigenvalue weighted by Gasteiger charge is 2.30. The normalized spacial score (nSPS) is 16.3. The van der Waals surface area contributed by atoms with Crippen LogP contribution < -0.4 is 4.74 Å². The smallest absolute Gasteiger partial charge is 0.341 e. The zero-order valence-electron chi connectivity index (χ0n) is 15.6. The number of hydrogen-bond donors (Lipinski definition) is 3. The molecule has 1 aliphatic heterocycles. The molecule has 2 aromatic carbocycles. The molecule has 0 radical (unpaired) electrons. The number of carboxylic acids is 2. The number of carboxylic acid groups (broad SMARTS) is 2. The van der Waals surface area contributed by atoms with E-state index in [1.807, 2.05) is 0 Å². The van der Waals surface area contributed by atoms with Crippen LogP contribution >= 0.6 is 11.8 Å². The highest BCUT2D eigenvalue weighted by atomic mass is 32.2. The molecule has 0 unspecified atom stereocenters. The first-order valence-electron chi connectivity index (χ1n) is 8.52. The Morgan fingerprint density at radius 1 is 1.17 bits per heavy atom. The molecule has 154 valence electrons. The molecular weight excluding hydrogens is 412 g/mol. The minimum atomic E-state index is -1.25. The van der Waals surface area contributed by atoms with Gasteiger partial charge in [0.2, 0.25) is 0 Å². The third kappa shape index (κ3) is 4.78. The number of rotatable bonds is 6.